The molecule has 6 heteroatoms. The summed E-state index contributed by atoms with van der Waals surface area (Å²) in [5.74, 6) is -0.307. The van der Waals surface area contributed by atoms with Gasteiger partial charge in [-0.15, -0.1) is 0 Å². The van der Waals surface area contributed by atoms with Crippen LogP contribution in [0.4, 0.5) is 10.5 Å². The second-order valence-corrected chi connectivity index (χ2v) is 6.54. The Balaban J connectivity index is 2.37. The minimum atomic E-state index is -0.672. The minimum absolute atomic E-state index is 0.171. The van der Waals surface area contributed by atoms with Crippen LogP contribution in [0.2, 0.25) is 5.02 Å². The van der Waals surface area contributed by atoms with Gasteiger partial charge in [-0.05, 0) is 54.4 Å². The quantitative estimate of drug-likeness (QED) is 0.715. The average molecular weight is 347 g/mol. The normalized spacial score (nSPS) is 14.6. The molecule has 0 spiro atoms. The standard InChI is InChI=1S/C13H13BrClNO3/c1-13(2,3)19-12(18)16-10-6-9(15)8(14)4-7(10)5-11(16)17/h4,6H,5H2,1-3H3. The van der Waals surface area contributed by atoms with Crippen molar-refractivity contribution in [2.24, 2.45) is 0 Å². The molecule has 0 N–H and O–H groups in total. The Morgan fingerprint density at radius 3 is 2.63 bits per heavy atom. The lowest BCUT2D eigenvalue weighted by atomic mass is 10.2. The number of fused-ring (bicyclic) bond motifs is 1. The fourth-order valence-electron chi connectivity index (χ4n) is 1.81. The zero-order valence-corrected chi connectivity index (χ0v) is 13.1. The topological polar surface area (TPSA) is 46.6 Å². The summed E-state index contributed by atoms with van der Waals surface area (Å²) in [5, 5.41) is 0.446. The number of anilines is 1. The maximum absolute atomic E-state index is 12.1. The largest absolute Gasteiger partial charge is 0.443 e. The average Bonchev–Trinajstić information content (AvgIpc) is 2.52. The van der Waals surface area contributed by atoms with Crippen LogP contribution in [0.3, 0.4) is 0 Å². The second kappa shape index (κ2) is 4.80. The highest BCUT2D eigenvalue weighted by molar-refractivity contribution is 9.10. The van der Waals surface area contributed by atoms with Crippen LogP contribution in [0.25, 0.3) is 0 Å². The zero-order chi connectivity index (χ0) is 14.4. The van der Waals surface area contributed by atoms with Crippen LogP contribution in [-0.4, -0.2) is 17.6 Å². The van der Waals surface area contributed by atoms with E-state index in [-0.39, 0.29) is 12.3 Å². The fourth-order valence-corrected chi connectivity index (χ4v) is 2.36. The molecule has 0 bridgehead atoms. The Hall–Kier alpha value is -1.07. The molecule has 0 saturated heterocycles. The Labute approximate surface area is 124 Å². The lowest BCUT2D eigenvalue weighted by molar-refractivity contribution is -0.117. The SMILES string of the molecule is CC(C)(C)OC(=O)N1C(=O)Cc2cc(Br)c(Cl)cc21. The number of benzene rings is 1. The first-order valence-corrected chi connectivity index (χ1v) is 6.90. The van der Waals surface area contributed by atoms with Crippen molar-refractivity contribution in [2.45, 2.75) is 32.8 Å². The van der Waals surface area contributed by atoms with Crippen molar-refractivity contribution >= 4 is 45.2 Å². The highest BCUT2D eigenvalue weighted by Crippen LogP contribution is 2.36. The van der Waals surface area contributed by atoms with Gasteiger partial charge >= 0.3 is 6.09 Å². The number of imide groups is 1. The first kappa shape index (κ1) is 14.3. The molecule has 0 fully saturated rings. The van der Waals surface area contributed by atoms with E-state index in [4.69, 9.17) is 16.3 Å². The van der Waals surface area contributed by atoms with E-state index in [1.807, 2.05) is 0 Å². The molecule has 1 aliphatic rings. The van der Waals surface area contributed by atoms with Crippen molar-refractivity contribution in [1.29, 1.82) is 0 Å². The third-order valence-corrected chi connectivity index (χ3v) is 3.73. The molecule has 0 radical (unpaired) electrons. The third kappa shape index (κ3) is 2.92. The van der Waals surface area contributed by atoms with Crippen LogP contribution in [0.5, 0.6) is 0 Å². The van der Waals surface area contributed by atoms with Crippen LogP contribution < -0.4 is 4.90 Å². The van der Waals surface area contributed by atoms with Gasteiger partial charge in [0.15, 0.2) is 0 Å². The van der Waals surface area contributed by atoms with Gasteiger partial charge in [0.1, 0.15) is 5.60 Å². The van der Waals surface area contributed by atoms with Gasteiger partial charge in [0.2, 0.25) is 5.91 Å². The van der Waals surface area contributed by atoms with E-state index in [0.717, 1.165) is 10.5 Å². The molecular weight excluding hydrogens is 334 g/mol. The van der Waals surface area contributed by atoms with Crippen LogP contribution in [0, 0.1) is 0 Å². The highest BCUT2D eigenvalue weighted by Gasteiger charge is 2.36. The van der Waals surface area contributed by atoms with E-state index < -0.39 is 11.7 Å². The van der Waals surface area contributed by atoms with Gasteiger partial charge < -0.3 is 4.74 Å². The summed E-state index contributed by atoms with van der Waals surface area (Å²) >= 11 is 9.30. The summed E-state index contributed by atoms with van der Waals surface area (Å²) in [7, 11) is 0. The summed E-state index contributed by atoms with van der Waals surface area (Å²) in [6.07, 6.45) is -0.501. The molecule has 2 amide bonds. The van der Waals surface area contributed by atoms with Gasteiger partial charge in [-0.2, -0.15) is 0 Å². The van der Waals surface area contributed by atoms with Crippen molar-refractivity contribution < 1.29 is 14.3 Å². The van der Waals surface area contributed by atoms with Crippen molar-refractivity contribution in [2.75, 3.05) is 4.90 Å². The highest BCUT2D eigenvalue weighted by atomic mass is 79.9. The molecule has 4 nitrogen and oxygen atoms in total. The van der Waals surface area contributed by atoms with Crippen molar-refractivity contribution in [3.63, 3.8) is 0 Å². The monoisotopic (exact) mass is 345 g/mol. The molecule has 2 rings (SSSR count). The predicted octanol–water partition coefficient (Wildman–Crippen LogP) is 3.93. The van der Waals surface area contributed by atoms with Gasteiger partial charge in [0.25, 0.3) is 0 Å². The Bertz CT molecular complexity index is 566. The molecule has 102 valence electrons. The first-order valence-electron chi connectivity index (χ1n) is 5.73. The minimum Gasteiger partial charge on any atom is -0.443 e. The van der Waals surface area contributed by atoms with Gasteiger partial charge in [-0.25, -0.2) is 9.69 Å². The van der Waals surface area contributed by atoms with E-state index >= 15 is 0 Å². The number of carbonyl (C=O) groups is 2. The summed E-state index contributed by atoms with van der Waals surface area (Å²) in [5.41, 5.74) is 0.596. The van der Waals surface area contributed by atoms with Crippen LogP contribution in [-0.2, 0) is 16.0 Å². The van der Waals surface area contributed by atoms with E-state index in [2.05, 4.69) is 15.9 Å². The molecule has 1 heterocycles. The predicted molar refractivity (Wildman–Crippen MR) is 76.6 cm³/mol. The molecule has 0 unspecified atom stereocenters. The molecule has 0 aromatic heterocycles. The molecule has 1 aliphatic heterocycles. The Morgan fingerprint density at radius 1 is 1.42 bits per heavy atom. The summed E-state index contributed by atoms with van der Waals surface area (Å²) in [6.45, 7) is 5.25. The zero-order valence-electron chi connectivity index (χ0n) is 10.8. The number of nitrogens with zero attached hydrogens (tertiary/aromatic N) is 1. The Kier molecular flexibility index (Phi) is 3.62. The van der Waals surface area contributed by atoms with E-state index in [9.17, 15) is 9.59 Å². The van der Waals surface area contributed by atoms with Gasteiger partial charge in [-0.3, -0.25) is 4.79 Å². The Morgan fingerprint density at radius 2 is 2.05 bits per heavy atom. The van der Waals surface area contributed by atoms with E-state index in [1.54, 1.807) is 32.9 Å². The van der Waals surface area contributed by atoms with Crippen molar-refractivity contribution in [3.05, 3.63) is 27.2 Å². The van der Waals surface area contributed by atoms with Crippen molar-refractivity contribution in [1.82, 2.24) is 0 Å². The van der Waals surface area contributed by atoms with E-state index in [1.165, 1.54) is 0 Å². The third-order valence-electron chi connectivity index (χ3n) is 2.53. The second-order valence-electron chi connectivity index (χ2n) is 5.28. The number of carbonyl (C=O) groups excluding carboxylic acids is 2. The van der Waals surface area contributed by atoms with Gasteiger partial charge in [0.05, 0.1) is 17.1 Å². The molecule has 0 saturated carbocycles. The number of ether oxygens (including phenoxy) is 1. The van der Waals surface area contributed by atoms with Crippen molar-refractivity contribution in [3.8, 4) is 0 Å². The lowest BCUT2D eigenvalue weighted by Gasteiger charge is -2.23. The van der Waals surface area contributed by atoms with Gasteiger partial charge in [-0.1, -0.05) is 11.6 Å². The van der Waals surface area contributed by atoms with Crippen LogP contribution >= 0.6 is 27.5 Å². The maximum atomic E-state index is 12.1. The fraction of sp³-hybridized carbons (Fsp3) is 0.385. The number of amides is 2. The number of rotatable bonds is 0. The summed E-state index contributed by atoms with van der Waals surface area (Å²) < 4.78 is 5.93. The van der Waals surface area contributed by atoms with Gasteiger partial charge in [0, 0.05) is 4.47 Å². The number of hydrogen-bond acceptors (Lipinski definition) is 3. The molecule has 19 heavy (non-hydrogen) atoms. The molecule has 1 aromatic carbocycles. The molecule has 0 atom stereocenters. The maximum Gasteiger partial charge on any atom is 0.421 e. The summed E-state index contributed by atoms with van der Waals surface area (Å²) in [4.78, 5) is 25.0. The van der Waals surface area contributed by atoms with Crippen LogP contribution in [0.1, 0.15) is 26.3 Å². The van der Waals surface area contributed by atoms with Crippen LogP contribution in [0.15, 0.2) is 16.6 Å². The smallest absolute Gasteiger partial charge is 0.421 e. The first-order chi connectivity index (χ1) is 8.69. The number of halogens is 2. The lowest BCUT2D eigenvalue weighted by Crippen LogP contribution is -2.38. The molecular formula is C13H13BrClNO3. The van der Waals surface area contributed by atoms with E-state index in [0.29, 0.717) is 15.2 Å². The molecule has 1 aromatic rings. The molecule has 0 aliphatic carbocycles. The number of hydrogen-bond donors (Lipinski definition) is 0. The summed E-state index contributed by atoms with van der Waals surface area (Å²) in [6, 6.07) is 3.34.